The Bertz CT molecular complexity index is 927. The molecule has 3 N–H and O–H groups in total. The SMILES string of the molecule is Nc1nc(Nc2ccc(N3CCOCC3)cc2)nc2c1cnn2C1CC1. The van der Waals surface area contributed by atoms with Crippen LogP contribution in [0.15, 0.2) is 30.5 Å². The molecular formula is C18H21N7O. The van der Waals surface area contributed by atoms with Gasteiger partial charge in [0.15, 0.2) is 5.65 Å². The molecule has 0 amide bonds. The molecule has 0 bridgehead atoms. The molecule has 1 aliphatic carbocycles. The van der Waals surface area contributed by atoms with Gasteiger partial charge in [0.1, 0.15) is 5.82 Å². The number of nitrogen functional groups attached to an aromatic ring is 1. The molecular weight excluding hydrogens is 330 g/mol. The summed E-state index contributed by atoms with van der Waals surface area (Å²) in [4.78, 5) is 11.3. The van der Waals surface area contributed by atoms with Gasteiger partial charge in [-0.3, -0.25) is 0 Å². The molecule has 2 aromatic heterocycles. The fraction of sp³-hybridized carbons (Fsp3) is 0.389. The van der Waals surface area contributed by atoms with Gasteiger partial charge >= 0.3 is 0 Å². The lowest BCUT2D eigenvalue weighted by atomic mass is 10.2. The Balaban J connectivity index is 1.39. The van der Waals surface area contributed by atoms with Crippen LogP contribution in [0.25, 0.3) is 11.0 Å². The highest BCUT2D eigenvalue weighted by molar-refractivity contribution is 5.86. The van der Waals surface area contributed by atoms with Crippen molar-refractivity contribution in [3.05, 3.63) is 30.5 Å². The maximum atomic E-state index is 6.10. The summed E-state index contributed by atoms with van der Waals surface area (Å²) in [5.41, 5.74) is 9.03. The number of nitrogens with zero attached hydrogens (tertiary/aromatic N) is 5. The number of anilines is 4. The Morgan fingerprint density at radius 3 is 2.58 bits per heavy atom. The first-order valence-electron chi connectivity index (χ1n) is 8.98. The number of nitrogens with one attached hydrogen (secondary N) is 1. The fourth-order valence-electron chi connectivity index (χ4n) is 3.30. The fourth-order valence-corrected chi connectivity index (χ4v) is 3.30. The van der Waals surface area contributed by atoms with E-state index < -0.39 is 0 Å². The van der Waals surface area contributed by atoms with Crippen LogP contribution in [0.5, 0.6) is 0 Å². The van der Waals surface area contributed by atoms with Crippen LogP contribution < -0.4 is 16.0 Å². The van der Waals surface area contributed by atoms with E-state index >= 15 is 0 Å². The third kappa shape index (κ3) is 2.82. The van der Waals surface area contributed by atoms with E-state index in [1.165, 1.54) is 5.69 Å². The van der Waals surface area contributed by atoms with E-state index in [0.29, 0.717) is 17.8 Å². The summed E-state index contributed by atoms with van der Waals surface area (Å²) in [5.74, 6) is 0.950. The highest BCUT2D eigenvalue weighted by Gasteiger charge is 2.27. The van der Waals surface area contributed by atoms with Gasteiger partial charge in [-0.1, -0.05) is 0 Å². The second-order valence-corrected chi connectivity index (χ2v) is 6.76. The first kappa shape index (κ1) is 15.4. The lowest BCUT2D eigenvalue weighted by molar-refractivity contribution is 0.122. The van der Waals surface area contributed by atoms with Crippen molar-refractivity contribution < 1.29 is 4.74 Å². The monoisotopic (exact) mass is 351 g/mol. The van der Waals surface area contributed by atoms with Gasteiger partial charge in [-0.25, -0.2) is 4.68 Å². The Labute approximate surface area is 151 Å². The quantitative estimate of drug-likeness (QED) is 0.745. The minimum Gasteiger partial charge on any atom is -0.383 e. The largest absolute Gasteiger partial charge is 0.383 e. The first-order valence-corrected chi connectivity index (χ1v) is 8.98. The van der Waals surface area contributed by atoms with Crippen LogP contribution in [-0.2, 0) is 4.74 Å². The number of fused-ring (bicyclic) bond motifs is 1. The molecule has 0 unspecified atom stereocenters. The number of aromatic nitrogens is 4. The molecule has 8 heteroatoms. The van der Waals surface area contributed by atoms with Crippen molar-refractivity contribution >= 4 is 34.2 Å². The highest BCUT2D eigenvalue weighted by atomic mass is 16.5. The molecule has 0 atom stereocenters. The zero-order valence-corrected chi connectivity index (χ0v) is 14.4. The van der Waals surface area contributed by atoms with Crippen LogP contribution in [0, 0.1) is 0 Å². The van der Waals surface area contributed by atoms with Crippen molar-refractivity contribution in [2.24, 2.45) is 0 Å². The van der Waals surface area contributed by atoms with Crippen molar-refractivity contribution in [2.75, 3.05) is 42.3 Å². The zero-order chi connectivity index (χ0) is 17.5. The maximum absolute atomic E-state index is 6.10. The van der Waals surface area contributed by atoms with Crippen molar-refractivity contribution in [2.45, 2.75) is 18.9 Å². The van der Waals surface area contributed by atoms with Gasteiger partial charge in [0.05, 0.1) is 30.8 Å². The smallest absolute Gasteiger partial charge is 0.231 e. The van der Waals surface area contributed by atoms with Gasteiger partial charge in [-0.2, -0.15) is 15.1 Å². The Morgan fingerprint density at radius 1 is 1.08 bits per heavy atom. The molecule has 26 heavy (non-hydrogen) atoms. The van der Waals surface area contributed by atoms with Gasteiger partial charge < -0.3 is 20.7 Å². The van der Waals surface area contributed by atoms with Gasteiger partial charge in [0, 0.05) is 24.5 Å². The minimum atomic E-state index is 0.447. The van der Waals surface area contributed by atoms with Crippen LogP contribution in [-0.4, -0.2) is 46.1 Å². The summed E-state index contributed by atoms with van der Waals surface area (Å²) in [7, 11) is 0. The third-order valence-electron chi connectivity index (χ3n) is 4.88. The van der Waals surface area contributed by atoms with E-state index in [2.05, 4.69) is 37.4 Å². The van der Waals surface area contributed by atoms with Gasteiger partial charge in [-0.05, 0) is 37.1 Å². The Morgan fingerprint density at radius 2 is 1.85 bits per heavy atom. The summed E-state index contributed by atoms with van der Waals surface area (Å²) in [6, 6.07) is 8.72. The zero-order valence-electron chi connectivity index (χ0n) is 14.4. The first-order chi connectivity index (χ1) is 12.8. The molecule has 1 aliphatic heterocycles. The van der Waals surface area contributed by atoms with E-state index in [1.54, 1.807) is 6.20 Å². The number of hydrogen-bond acceptors (Lipinski definition) is 7. The third-order valence-corrected chi connectivity index (χ3v) is 4.88. The Hall–Kier alpha value is -2.87. The van der Waals surface area contributed by atoms with Crippen LogP contribution >= 0.6 is 0 Å². The predicted molar refractivity (Wildman–Crippen MR) is 101 cm³/mol. The van der Waals surface area contributed by atoms with E-state index in [4.69, 9.17) is 10.5 Å². The van der Waals surface area contributed by atoms with Crippen molar-refractivity contribution in [1.82, 2.24) is 19.7 Å². The molecule has 0 radical (unpaired) electrons. The molecule has 134 valence electrons. The van der Waals surface area contributed by atoms with E-state index in [-0.39, 0.29) is 0 Å². The molecule has 1 aromatic carbocycles. The standard InChI is InChI=1S/C18H21N7O/c19-16-15-11-20-25(14-5-6-14)17(15)23-18(22-16)21-12-1-3-13(4-2-12)24-7-9-26-10-8-24/h1-4,11,14H,5-10H2,(H3,19,21,22,23). The molecule has 5 rings (SSSR count). The molecule has 3 heterocycles. The topological polar surface area (TPSA) is 94.1 Å². The lowest BCUT2D eigenvalue weighted by Crippen LogP contribution is -2.36. The number of rotatable bonds is 4. The predicted octanol–water partition coefficient (Wildman–Crippen LogP) is 2.32. The van der Waals surface area contributed by atoms with E-state index in [0.717, 1.165) is 55.9 Å². The summed E-state index contributed by atoms with van der Waals surface area (Å²) in [6.45, 7) is 3.41. The molecule has 8 nitrogen and oxygen atoms in total. The van der Waals surface area contributed by atoms with Gasteiger partial charge in [0.2, 0.25) is 5.95 Å². The summed E-state index contributed by atoms with van der Waals surface area (Å²) < 4.78 is 7.36. The number of morpholine rings is 1. The number of hydrogen-bond donors (Lipinski definition) is 2. The molecule has 3 aromatic rings. The summed E-state index contributed by atoms with van der Waals surface area (Å²) in [6.07, 6.45) is 4.04. The molecule has 1 saturated carbocycles. The number of ether oxygens (including phenoxy) is 1. The second kappa shape index (κ2) is 6.14. The van der Waals surface area contributed by atoms with Crippen LogP contribution in [0.4, 0.5) is 23.1 Å². The van der Waals surface area contributed by atoms with Gasteiger partial charge in [-0.15, -0.1) is 0 Å². The van der Waals surface area contributed by atoms with Crippen LogP contribution in [0.3, 0.4) is 0 Å². The normalized spacial score (nSPS) is 17.6. The minimum absolute atomic E-state index is 0.447. The average molecular weight is 351 g/mol. The second-order valence-electron chi connectivity index (χ2n) is 6.76. The van der Waals surface area contributed by atoms with Crippen molar-refractivity contribution in [1.29, 1.82) is 0 Å². The van der Waals surface area contributed by atoms with E-state index in [1.807, 2.05) is 16.8 Å². The van der Waals surface area contributed by atoms with E-state index in [9.17, 15) is 0 Å². The van der Waals surface area contributed by atoms with Crippen LogP contribution in [0.2, 0.25) is 0 Å². The molecule has 0 spiro atoms. The number of nitrogens with two attached hydrogens (primary N) is 1. The molecule has 1 saturated heterocycles. The lowest BCUT2D eigenvalue weighted by Gasteiger charge is -2.28. The summed E-state index contributed by atoms with van der Waals surface area (Å²) in [5, 5.41) is 8.49. The Kier molecular flexibility index (Phi) is 3.63. The van der Waals surface area contributed by atoms with Gasteiger partial charge in [0.25, 0.3) is 0 Å². The summed E-state index contributed by atoms with van der Waals surface area (Å²) >= 11 is 0. The molecule has 2 aliphatic rings. The molecule has 2 fully saturated rings. The number of benzene rings is 1. The average Bonchev–Trinajstić information content (AvgIpc) is 3.42. The van der Waals surface area contributed by atoms with Crippen LogP contribution in [0.1, 0.15) is 18.9 Å². The highest BCUT2D eigenvalue weighted by Crippen LogP contribution is 2.37. The maximum Gasteiger partial charge on any atom is 0.231 e. The van der Waals surface area contributed by atoms with Crippen molar-refractivity contribution in [3.8, 4) is 0 Å². The van der Waals surface area contributed by atoms with Crippen molar-refractivity contribution in [3.63, 3.8) is 0 Å².